The number of hydrogen-bond acceptors (Lipinski definition) is 5. The first-order valence-electron chi connectivity index (χ1n) is 6.80. The van der Waals surface area contributed by atoms with E-state index in [0.717, 1.165) is 37.6 Å². The Balaban J connectivity index is 1.78. The van der Waals surface area contributed by atoms with Crippen molar-refractivity contribution in [2.45, 2.75) is 0 Å². The molecule has 116 valence electrons. The van der Waals surface area contributed by atoms with Gasteiger partial charge in [-0.3, -0.25) is 4.79 Å². The van der Waals surface area contributed by atoms with Crippen LogP contribution >= 0.6 is 43.4 Å². The fourth-order valence-electron chi connectivity index (χ4n) is 2.32. The van der Waals surface area contributed by atoms with Gasteiger partial charge in [-0.15, -0.1) is 11.3 Å². The average molecular weight is 446 g/mol. The average Bonchev–Trinajstić information content (AvgIpc) is 2.95. The summed E-state index contributed by atoms with van der Waals surface area (Å²) in [4.78, 5) is 18.7. The SMILES string of the molecule is O=C(Nc1ccccc1N1CCN(Br)CC1)c1csc(Br)n1. The van der Waals surface area contributed by atoms with Gasteiger partial charge in [-0.25, -0.2) is 8.91 Å². The standard InChI is InChI=1S/C14H14Br2N4OS/c15-14-18-11(9-22-14)13(21)17-10-3-1-2-4-12(10)19-5-7-20(16)8-6-19/h1-4,9H,5-8H2,(H,17,21). The number of aromatic nitrogens is 1. The topological polar surface area (TPSA) is 48.5 Å². The second-order valence-corrected chi connectivity index (χ2v) is 7.99. The summed E-state index contributed by atoms with van der Waals surface area (Å²) >= 11 is 8.18. The van der Waals surface area contributed by atoms with Gasteiger partial charge in [0.25, 0.3) is 5.91 Å². The number of rotatable bonds is 3. The van der Waals surface area contributed by atoms with Gasteiger partial charge in [0.1, 0.15) is 5.69 Å². The molecule has 1 aliphatic heterocycles. The normalized spacial score (nSPS) is 15.8. The molecule has 0 bridgehead atoms. The van der Waals surface area contributed by atoms with Gasteiger partial charge in [-0.05, 0) is 28.1 Å². The molecule has 1 aromatic heterocycles. The minimum Gasteiger partial charge on any atom is -0.367 e. The summed E-state index contributed by atoms with van der Waals surface area (Å²) in [6, 6.07) is 7.88. The molecule has 0 radical (unpaired) electrons. The monoisotopic (exact) mass is 444 g/mol. The van der Waals surface area contributed by atoms with Gasteiger partial charge in [0.05, 0.1) is 11.4 Å². The fourth-order valence-corrected chi connectivity index (χ4v) is 3.63. The van der Waals surface area contributed by atoms with Crippen molar-refractivity contribution in [2.24, 2.45) is 0 Å². The number of thiazole rings is 1. The zero-order valence-corrected chi connectivity index (χ0v) is 15.6. The van der Waals surface area contributed by atoms with Crippen molar-refractivity contribution in [1.82, 2.24) is 8.91 Å². The molecule has 0 spiro atoms. The van der Waals surface area contributed by atoms with Crippen LogP contribution in [0.15, 0.2) is 33.6 Å². The highest BCUT2D eigenvalue weighted by Gasteiger charge is 2.19. The molecule has 0 saturated carbocycles. The van der Waals surface area contributed by atoms with Crippen LogP contribution in [0.5, 0.6) is 0 Å². The minimum absolute atomic E-state index is 0.187. The molecule has 0 aliphatic carbocycles. The summed E-state index contributed by atoms with van der Waals surface area (Å²) in [6.45, 7) is 3.73. The number of nitrogens with one attached hydrogen (secondary N) is 1. The molecule has 22 heavy (non-hydrogen) atoms. The maximum absolute atomic E-state index is 12.3. The molecule has 1 aliphatic rings. The van der Waals surface area contributed by atoms with Crippen molar-refractivity contribution < 1.29 is 4.79 Å². The Morgan fingerprint density at radius 2 is 1.95 bits per heavy atom. The van der Waals surface area contributed by atoms with E-state index in [-0.39, 0.29) is 5.91 Å². The van der Waals surface area contributed by atoms with E-state index in [4.69, 9.17) is 0 Å². The summed E-state index contributed by atoms with van der Waals surface area (Å²) in [7, 11) is 0. The quantitative estimate of drug-likeness (QED) is 0.733. The molecule has 1 aromatic carbocycles. The zero-order chi connectivity index (χ0) is 15.5. The molecular weight excluding hydrogens is 432 g/mol. The predicted molar refractivity (Wildman–Crippen MR) is 96.9 cm³/mol. The van der Waals surface area contributed by atoms with E-state index in [1.807, 2.05) is 24.3 Å². The van der Waals surface area contributed by atoms with Crippen LogP contribution in [-0.2, 0) is 0 Å². The molecule has 2 aromatic rings. The van der Waals surface area contributed by atoms with E-state index < -0.39 is 0 Å². The van der Waals surface area contributed by atoms with E-state index in [1.54, 1.807) is 5.38 Å². The van der Waals surface area contributed by atoms with Crippen LogP contribution in [0.3, 0.4) is 0 Å². The Labute approximate surface area is 149 Å². The van der Waals surface area contributed by atoms with E-state index in [1.165, 1.54) is 11.3 Å². The number of hydrogen-bond donors (Lipinski definition) is 1. The van der Waals surface area contributed by atoms with Crippen molar-refractivity contribution in [3.8, 4) is 0 Å². The van der Waals surface area contributed by atoms with Gasteiger partial charge in [0, 0.05) is 47.7 Å². The van der Waals surface area contributed by atoms with Gasteiger partial charge in [0.2, 0.25) is 0 Å². The third-order valence-corrected chi connectivity index (χ3v) is 5.50. The first-order valence-corrected chi connectivity index (χ1v) is 9.19. The molecule has 3 rings (SSSR count). The second-order valence-electron chi connectivity index (χ2n) is 4.85. The number of carbonyl (C=O) groups excluding carboxylic acids is 1. The van der Waals surface area contributed by atoms with Crippen LogP contribution in [0.25, 0.3) is 0 Å². The predicted octanol–water partition coefficient (Wildman–Crippen LogP) is 3.59. The van der Waals surface area contributed by atoms with Crippen LogP contribution in [0.1, 0.15) is 10.5 Å². The summed E-state index contributed by atoms with van der Waals surface area (Å²) in [5.41, 5.74) is 2.29. The van der Waals surface area contributed by atoms with E-state index in [2.05, 4.69) is 51.2 Å². The van der Waals surface area contributed by atoms with Crippen molar-refractivity contribution in [1.29, 1.82) is 0 Å². The van der Waals surface area contributed by atoms with Crippen molar-refractivity contribution >= 4 is 60.7 Å². The smallest absolute Gasteiger partial charge is 0.275 e. The maximum Gasteiger partial charge on any atom is 0.275 e. The van der Waals surface area contributed by atoms with Crippen LogP contribution in [0, 0.1) is 0 Å². The molecule has 1 fully saturated rings. The Morgan fingerprint density at radius 1 is 1.23 bits per heavy atom. The number of para-hydroxylation sites is 2. The van der Waals surface area contributed by atoms with Gasteiger partial charge in [-0.1, -0.05) is 12.1 Å². The van der Waals surface area contributed by atoms with Crippen LogP contribution < -0.4 is 10.2 Å². The van der Waals surface area contributed by atoms with E-state index in [9.17, 15) is 4.79 Å². The first-order chi connectivity index (χ1) is 10.6. The highest BCUT2D eigenvalue weighted by atomic mass is 79.9. The molecule has 0 unspecified atom stereocenters. The number of halogens is 2. The Morgan fingerprint density at radius 3 is 2.64 bits per heavy atom. The number of anilines is 2. The summed E-state index contributed by atoms with van der Waals surface area (Å²) in [5.74, 6) is -0.187. The first kappa shape index (κ1) is 15.9. The Kier molecular flexibility index (Phi) is 5.12. The second kappa shape index (κ2) is 7.08. The highest BCUT2D eigenvalue weighted by Crippen LogP contribution is 2.27. The van der Waals surface area contributed by atoms with Gasteiger partial charge >= 0.3 is 0 Å². The van der Waals surface area contributed by atoms with Gasteiger partial charge in [0.15, 0.2) is 3.92 Å². The lowest BCUT2D eigenvalue weighted by Gasteiger charge is -2.34. The molecule has 1 amide bonds. The molecule has 8 heteroatoms. The lowest BCUT2D eigenvalue weighted by atomic mass is 10.2. The van der Waals surface area contributed by atoms with Crippen molar-refractivity contribution in [2.75, 3.05) is 36.4 Å². The largest absolute Gasteiger partial charge is 0.367 e. The third kappa shape index (κ3) is 3.68. The molecule has 2 heterocycles. The number of nitrogens with zero attached hydrogens (tertiary/aromatic N) is 3. The Hall–Kier alpha value is -0.960. The third-order valence-electron chi connectivity index (χ3n) is 3.43. The lowest BCUT2D eigenvalue weighted by Crippen LogP contribution is -2.42. The highest BCUT2D eigenvalue weighted by molar-refractivity contribution is 9.11. The fraction of sp³-hybridized carbons (Fsp3) is 0.286. The van der Waals surface area contributed by atoms with Crippen molar-refractivity contribution in [3.05, 3.63) is 39.3 Å². The van der Waals surface area contributed by atoms with Crippen LogP contribution in [0.2, 0.25) is 0 Å². The molecule has 1 N–H and O–H groups in total. The number of amides is 1. The number of piperazine rings is 1. The number of benzene rings is 1. The zero-order valence-electron chi connectivity index (χ0n) is 11.6. The van der Waals surface area contributed by atoms with Gasteiger partial charge < -0.3 is 10.2 Å². The lowest BCUT2D eigenvalue weighted by molar-refractivity contribution is 0.102. The molecule has 5 nitrogen and oxygen atoms in total. The Bertz CT molecular complexity index is 670. The summed E-state index contributed by atoms with van der Waals surface area (Å²) in [6.07, 6.45) is 0. The molecule has 0 atom stereocenters. The minimum atomic E-state index is -0.187. The number of carbonyl (C=O) groups is 1. The van der Waals surface area contributed by atoms with E-state index in [0.29, 0.717) is 9.61 Å². The summed E-state index contributed by atoms with van der Waals surface area (Å²) < 4.78 is 2.83. The molecule has 1 saturated heterocycles. The van der Waals surface area contributed by atoms with E-state index >= 15 is 0 Å². The summed E-state index contributed by atoms with van der Waals surface area (Å²) in [5, 5.41) is 4.71. The van der Waals surface area contributed by atoms with Gasteiger partial charge in [-0.2, -0.15) is 0 Å². The van der Waals surface area contributed by atoms with Crippen molar-refractivity contribution in [3.63, 3.8) is 0 Å². The molecular formula is C14H14Br2N4OS. The maximum atomic E-state index is 12.3. The van der Waals surface area contributed by atoms with Crippen LogP contribution in [-0.4, -0.2) is 41.0 Å². The van der Waals surface area contributed by atoms with Crippen LogP contribution in [0.4, 0.5) is 11.4 Å².